The highest BCUT2D eigenvalue weighted by Gasteiger charge is 2.51. The Balaban J connectivity index is 1.92. The van der Waals surface area contributed by atoms with Gasteiger partial charge in [-0.05, 0) is 36.5 Å². The molecule has 2 aliphatic carbocycles. The largest absolute Gasteiger partial charge is 0.271 e. The molecule has 14 heavy (non-hydrogen) atoms. The fourth-order valence-electron chi connectivity index (χ4n) is 3.19. The summed E-state index contributed by atoms with van der Waals surface area (Å²) in [4.78, 5) is 0. The summed E-state index contributed by atoms with van der Waals surface area (Å²) >= 11 is 0. The maximum Gasteiger partial charge on any atom is 0.0272 e. The van der Waals surface area contributed by atoms with Crippen LogP contribution < -0.4 is 11.3 Å². The van der Waals surface area contributed by atoms with Crippen LogP contribution in [0.25, 0.3) is 0 Å². The molecule has 0 aromatic heterocycles. The van der Waals surface area contributed by atoms with Gasteiger partial charge in [0, 0.05) is 6.04 Å². The van der Waals surface area contributed by atoms with Gasteiger partial charge in [-0.15, -0.1) is 0 Å². The average Bonchev–Trinajstić information content (AvgIpc) is 2.78. The van der Waals surface area contributed by atoms with Crippen molar-refractivity contribution in [3.05, 3.63) is 0 Å². The quantitative estimate of drug-likeness (QED) is 0.537. The van der Waals surface area contributed by atoms with Gasteiger partial charge in [0.25, 0.3) is 0 Å². The zero-order valence-electron chi connectivity index (χ0n) is 9.55. The SMILES string of the molecule is CC1(C)CC1C(NN)C1CCCCC1. The summed E-state index contributed by atoms with van der Waals surface area (Å²) < 4.78 is 0. The van der Waals surface area contributed by atoms with Gasteiger partial charge in [-0.3, -0.25) is 11.3 Å². The first-order chi connectivity index (χ1) is 6.65. The third-order valence-corrected chi connectivity index (χ3v) is 4.37. The lowest BCUT2D eigenvalue weighted by molar-refractivity contribution is 0.233. The van der Waals surface area contributed by atoms with Crippen molar-refractivity contribution in [2.24, 2.45) is 23.1 Å². The lowest BCUT2D eigenvalue weighted by atomic mass is 9.81. The van der Waals surface area contributed by atoms with Crippen LogP contribution in [-0.2, 0) is 0 Å². The smallest absolute Gasteiger partial charge is 0.0272 e. The number of hydrogen-bond donors (Lipinski definition) is 2. The predicted octanol–water partition coefficient (Wildman–Crippen LogP) is 2.44. The number of nitrogens with two attached hydrogens (primary N) is 1. The summed E-state index contributed by atoms with van der Waals surface area (Å²) in [5.74, 6) is 7.39. The van der Waals surface area contributed by atoms with Crippen molar-refractivity contribution in [2.45, 2.75) is 58.4 Å². The molecule has 3 N–H and O–H groups in total. The first-order valence-electron chi connectivity index (χ1n) is 6.11. The van der Waals surface area contributed by atoms with E-state index < -0.39 is 0 Å². The van der Waals surface area contributed by atoms with Crippen molar-refractivity contribution in [2.75, 3.05) is 0 Å². The molecule has 2 atom stereocenters. The zero-order chi connectivity index (χ0) is 10.2. The molecule has 0 saturated heterocycles. The number of hydrogen-bond acceptors (Lipinski definition) is 2. The fraction of sp³-hybridized carbons (Fsp3) is 1.00. The lowest BCUT2D eigenvalue weighted by Crippen LogP contribution is -2.44. The summed E-state index contributed by atoms with van der Waals surface area (Å²) in [6, 6.07) is 0.588. The number of rotatable bonds is 3. The molecular weight excluding hydrogens is 172 g/mol. The van der Waals surface area contributed by atoms with Gasteiger partial charge in [-0.1, -0.05) is 33.1 Å². The maximum absolute atomic E-state index is 5.72. The zero-order valence-corrected chi connectivity index (χ0v) is 9.55. The minimum atomic E-state index is 0.550. The minimum Gasteiger partial charge on any atom is -0.271 e. The van der Waals surface area contributed by atoms with Gasteiger partial charge < -0.3 is 0 Å². The monoisotopic (exact) mass is 196 g/mol. The van der Waals surface area contributed by atoms with Gasteiger partial charge in [0.1, 0.15) is 0 Å². The molecule has 0 amide bonds. The second-order valence-corrected chi connectivity index (χ2v) is 5.89. The van der Waals surface area contributed by atoms with Gasteiger partial charge in [0.15, 0.2) is 0 Å². The molecule has 2 heteroatoms. The first-order valence-corrected chi connectivity index (χ1v) is 6.11. The average molecular weight is 196 g/mol. The Labute approximate surface area is 87.6 Å². The van der Waals surface area contributed by atoms with E-state index in [1.54, 1.807) is 0 Å². The Hall–Kier alpha value is -0.0800. The maximum atomic E-state index is 5.72. The Morgan fingerprint density at radius 3 is 2.21 bits per heavy atom. The van der Waals surface area contributed by atoms with Crippen LogP contribution in [0.3, 0.4) is 0 Å². The van der Waals surface area contributed by atoms with E-state index in [1.807, 2.05) is 0 Å². The molecule has 2 saturated carbocycles. The molecule has 0 bridgehead atoms. The summed E-state index contributed by atoms with van der Waals surface area (Å²) in [5.41, 5.74) is 3.64. The first kappa shape index (κ1) is 10.4. The number of hydrazine groups is 1. The Kier molecular flexibility index (Phi) is 2.85. The summed E-state index contributed by atoms with van der Waals surface area (Å²) in [5, 5.41) is 0. The highest BCUT2D eigenvalue weighted by molar-refractivity contribution is 5.03. The highest BCUT2D eigenvalue weighted by atomic mass is 15.2. The lowest BCUT2D eigenvalue weighted by Gasteiger charge is -2.30. The molecular formula is C12H24N2. The van der Waals surface area contributed by atoms with Crippen LogP contribution in [0.15, 0.2) is 0 Å². The van der Waals surface area contributed by atoms with Crippen molar-refractivity contribution in [1.82, 2.24) is 5.43 Å². The number of nitrogens with one attached hydrogen (secondary N) is 1. The minimum absolute atomic E-state index is 0.550. The second-order valence-electron chi connectivity index (χ2n) is 5.89. The van der Waals surface area contributed by atoms with Gasteiger partial charge in [0.2, 0.25) is 0 Å². The molecule has 2 fully saturated rings. The standard InChI is InChI=1S/C12H24N2/c1-12(2)8-10(12)11(14-13)9-6-4-3-5-7-9/h9-11,14H,3-8,13H2,1-2H3. The molecule has 0 aromatic rings. The van der Waals surface area contributed by atoms with E-state index in [-0.39, 0.29) is 0 Å². The summed E-state index contributed by atoms with van der Waals surface area (Å²) in [6.45, 7) is 4.73. The predicted molar refractivity (Wildman–Crippen MR) is 59.6 cm³/mol. The van der Waals surface area contributed by atoms with Crippen LogP contribution in [0, 0.1) is 17.3 Å². The third-order valence-electron chi connectivity index (χ3n) is 4.37. The van der Waals surface area contributed by atoms with Crippen LogP contribution in [0.1, 0.15) is 52.4 Å². The van der Waals surface area contributed by atoms with E-state index in [2.05, 4.69) is 19.3 Å². The molecule has 2 aliphatic rings. The van der Waals surface area contributed by atoms with Crippen LogP contribution in [0.4, 0.5) is 0 Å². The molecule has 2 unspecified atom stereocenters. The fourth-order valence-corrected chi connectivity index (χ4v) is 3.19. The normalized spacial score (nSPS) is 34.1. The van der Waals surface area contributed by atoms with Gasteiger partial charge in [0.05, 0.1) is 0 Å². The van der Waals surface area contributed by atoms with Crippen molar-refractivity contribution in [1.29, 1.82) is 0 Å². The van der Waals surface area contributed by atoms with Crippen LogP contribution >= 0.6 is 0 Å². The van der Waals surface area contributed by atoms with Crippen LogP contribution in [0.5, 0.6) is 0 Å². The third kappa shape index (κ3) is 1.96. The Morgan fingerprint density at radius 1 is 1.21 bits per heavy atom. The van der Waals surface area contributed by atoms with E-state index >= 15 is 0 Å². The topological polar surface area (TPSA) is 38.0 Å². The molecule has 2 rings (SSSR count). The van der Waals surface area contributed by atoms with Crippen molar-refractivity contribution in [3.63, 3.8) is 0 Å². The van der Waals surface area contributed by atoms with E-state index in [9.17, 15) is 0 Å². The van der Waals surface area contributed by atoms with E-state index in [4.69, 9.17) is 5.84 Å². The molecule has 2 nitrogen and oxygen atoms in total. The Morgan fingerprint density at radius 2 is 1.79 bits per heavy atom. The van der Waals surface area contributed by atoms with Gasteiger partial charge in [-0.2, -0.15) is 0 Å². The summed E-state index contributed by atoms with van der Waals surface area (Å²) in [6.07, 6.45) is 8.40. The molecule has 0 spiro atoms. The van der Waals surface area contributed by atoms with Gasteiger partial charge in [-0.25, -0.2) is 0 Å². The molecule has 82 valence electrons. The Bertz CT molecular complexity index is 194. The molecule has 0 aromatic carbocycles. The van der Waals surface area contributed by atoms with Crippen molar-refractivity contribution in [3.8, 4) is 0 Å². The van der Waals surface area contributed by atoms with Crippen LogP contribution in [-0.4, -0.2) is 6.04 Å². The second kappa shape index (κ2) is 3.82. The molecule has 0 aliphatic heterocycles. The molecule has 0 radical (unpaired) electrons. The molecule has 0 heterocycles. The van der Waals surface area contributed by atoms with E-state index in [1.165, 1.54) is 38.5 Å². The van der Waals surface area contributed by atoms with Gasteiger partial charge >= 0.3 is 0 Å². The highest BCUT2D eigenvalue weighted by Crippen LogP contribution is 2.55. The van der Waals surface area contributed by atoms with Crippen molar-refractivity contribution >= 4 is 0 Å². The van der Waals surface area contributed by atoms with Crippen molar-refractivity contribution < 1.29 is 0 Å². The summed E-state index contributed by atoms with van der Waals surface area (Å²) in [7, 11) is 0. The van der Waals surface area contributed by atoms with E-state index in [0.717, 1.165) is 11.8 Å². The van der Waals surface area contributed by atoms with E-state index in [0.29, 0.717) is 11.5 Å². The van der Waals surface area contributed by atoms with Crippen LogP contribution in [0.2, 0.25) is 0 Å².